The van der Waals surface area contributed by atoms with Crippen molar-refractivity contribution in [2.24, 2.45) is 0 Å². The fraction of sp³-hybridized carbons (Fsp3) is 0.900. The lowest BCUT2D eigenvalue weighted by Gasteiger charge is -2.27. The van der Waals surface area contributed by atoms with Gasteiger partial charge in [0.15, 0.2) is 0 Å². The largest absolute Gasteiger partial charge is 0.465 e. The minimum absolute atomic E-state index is 0.0732. The molecule has 0 aromatic rings. The molecule has 0 aliphatic heterocycles. The number of carbonyl (C=O) groups is 1. The van der Waals surface area contributed by atoms with Crippen molar-refractivity contribution in [2.75, 3.05) is 26.3 Å². The second-order valence-corrected chi connectivity index (χ2v) is 3.03. The molecule has 1 unspecified atom stereocenters. The SMILES string of the molecule is CCOC(=O)C(CC)N(CC)CCO. The summed E-state index contributed by atoms with van der Waals surface area (Å²) in [7, 11) is 0. The molecule has 0 aromatic heterocycles. The first-order chi connectivity index (χ1) is 6.71. The molecule has 0 aliphatic rings. The van der Waals surface area contributed by atoms with Crippen molar-refractivity contribution in [3.8, 4) is 0 Å². The van der Waals surface area contributed by atoms with E-state index in [1.54, 1.807) is 6.92 Å². The minimum atomic E-state index is -0.216. The van der Waals surface area contributed by atoms with Crippen LogP contribution >= 0.6 is 0 Å². The summed E-state index contributed by atoms with van der Waals surface area (Å²) in [5, 5.41) is 8.83. The van der Waals surface area contributed by atoms with Gasteiger partial charge in [-0.3, -0.25) is 9.69 Å². The molecule has 0 aromatic carbocycles. The highest BCUT2D eigenvalue weighted by Gasteiger charge is 2.23. The van der Waals surface area contributed by atoms with Gasteiger partial charge in [-0.05, 0) is 19.9 Å². The van der Waals surface area contributed by atoms with Crippen LogP contribution in [0.15, 0.2) is 0 Å². The average molecular weight is 203 g/mol. The zero-order valence-electron chi connectivity index (χ0n) is 9.32. The number of nitrogens with zero attached hydrogens (tertiary/aromatic N) is 1. The Bertz CT molecular complexity index is 161. The number of hydrogen-bond donors (Lipinski definition) is 1. The molecule has 0 bridgehead atoms. The van der Waals surface area contributed by atoms with Crippen molar-refractivity contribution in [3.63, 3.8) is 0 Å². The lowest BCUT2D eigenvalue weighted by molar-refractivity contribution is -0.149. The normalized spacial score (nSPS) is 12.9. The predicted octanol–water partition coefficient (Wildman–Crippen LogP) is 0.642. The van der Waals surface area contributed by atoms with Gasteiger partial charge in [-0.15, -0.1) is 0 Å². The second kappa shape index (κ2) is 7.76. The summed E-state index contributed by atoms with van der Waals surface area (Å²) in [6.07, 6.45) is 0.715. The van der Waals surface area contributed by atoms with Crippen LogP contribution in [0, 0.1) is 0 Å². The third kappa shape index (κ3) is 4.07. The topological polar surface area (TPSA) is 49.8 Å². The van der Waals surface area contributed by atoms with Gasteiger partial charge in [0.1, 0.15) is 6.04 Å². The monoisotopic (exact) mass is 203 g/mol. The maximum absolute atomic E-state index is 11.5. The van der Waals surface area contributed by atoms with Crippen molar-refractivity contribution in [1.82, 2.24) is 4.90 Å². The highest BCUT2D eigenvalue weighted by molar-refractivity contribution is 5.75. The maximum atomic E-state index is 11.5. The molecule has 14 heavy (non-hydrogen) atoms. The van der Waals surface area contributed by atoms with Gasteiger partial charge in [-0.1, -0.05) is 13.8 Å². The van der Waals surface area contributed by atoms with E-state index in [1.165, 1.54) is 0 Å². The highest BCUT2D eigenvalue weighted by atomic mass is 16.5. The summed E-state index contributed by atoms with van der Waals surface area (Å²) >= 11 is 0. The van der Waals surface area contributed by atoms with Gasteiger partial charge in [0.05, 0.1) is 13.2 Å². The molecule has 0 fully saturated rings. The Labute approximate surface area is 85.9 Å². The van der Waals surface area contributed by atoms with E-state index in [0.717, 1.165) is 6.54 Å². The van der Waals surface area contributed by atoms with Crippen LogP contribution in [0.4, 0.5) is 0 Å². The van der Waals surface area contributed by atoms with Crippen LogP contribution in [0.1, 0.15) is 27.2 Å². The van der Waals surface area contributed by atoms with Gasteiger partial charge < -0.3 is 9.84 Å². The van der Waals surface area contributed by atoms with E-state index in [9.17, 15) is 4.79 Å². The van der Waals surface area contributed by atoms with Crippen LogP contribution in [-0.2, 0) is 9.53 Å². The molecule has 0 saturated heterocycles. The molecule has 0 rings (SSSR count). The van der Waals surface area contributed by atoms with Crippen LogP contribution < -0.4 is 0 Å². The molecule has 1 N–H and O–H groups in total. The molecule has 0 radical (unpaired) electrons. The molecule has 4 heteroatoms. The minimum Gasteiger partial charge on any atom is -0.465 e. The van der Waals surface area contributed by atoms with Crippen molar-refractivity contribution >= 4 is 5.97 Å². The molecular weight excluding hydrogens is 182 g/mol. The summed E-state index contributed by atoms with van der Waals surface area (Å²) in [6.45, 7) is 7.47. The van der Waals surface area contributed by atoms with Gasteiger partial charge in [0, 0.05) is 6.54 Å². The van der Waals surface area contributed by atoms with Gasteiger partial charge >= 0.3 is 5.97 Å². The Morgan fingerprint density at radius 1 is 1.43 bits per heavy atom. The quantitative estimate of drug-likeness (QED) is 0.617. The lowest BCUT2D eigenvalue weighted by Crippen LogP contribution is -2.43. The first-order valence-electron chi connectivity index (χ1n) is 5.22. The summed E-state index contributed by atoms with van der Waals surface area (Å²) in [5.41, 5.74) is 0. The molecule has 4 nitrogen and oxygen atoms in total. The molecule has 0 spiro atoms. The highest BCUT2D eigenvalue weighted by Crippen LogP contribution is 2.05. The molecule has 0 heterocycles. The Hall–Kier alpha value is -0.610. The fourth-order valence-electron chi connectivity index (χ4n) is 1.48. The Morgan fingerprint density at radius 3 is 2.43 bits per heavy atom. The first kappa shape index (κ1) is 13.4. The Kier molecular flexibility index (Phi) is 7.42. The van der Waals surface area contributed by atoms with E-state index < -0.39 is 0 Å². The molecule has 0 amide bonds. The summed E-state index contributed by atoms with van der Waals surface area (Å²) < 4.78 is 4.96. The molecular formula is C10H21NO3. The van der Waals surface area contributed by atoms with E-state index >= 15 is 0 Å². The van der Waals surface area contributed by atoms with E-state index in [0.29, 0.717) is 19.6 Å². The molecule has 1 atom stereocenters. The first-order valence-corrected chi connectivity index (χ1v) is 5.22. The Balaban J connectivity index is 4.26. The van der Waals surface area contributed by atoms with E-state index in [1.807, 2.05) is 18.7 Å². The van der Waals surface area contributed by atoms with Gasteiger partial charge in [0.25, 0.3) is 0 Å². The van der Waals surface area contributed by atoms with Crippen molar-refractivity contribution in [1.29, 1.82) is 0 Å². The van der Waals surface area contributed by atoms with Gasteiger partial charge in [0.2, 0.25) is 0 Å². The van der Waals surface area contributed by atoms with E-state index in [-0.39, 0.29) is 18.6 Å². The Morgan fingerprint density at radius 2 is 2.07 bits per heavy atom. The number of likely N-dealkylation sites (N-methyl/N-ethyl adjacent to an activating group) is 1. The lowest BCUT2D eigenvalue weighted by atomic mass is 10.2. The number of aliphatic hydroxyl groups excluding tert-OH is 1. The molecule has 84 valence electrons. The number of aliphatic hydroxyl groups is 1. The summed E-state index contributed by atoms with van der Waals surface area (Å²) in [4.78, 5) is 13.4. The standard InChI is InChI=1S/C10H21NO3/c1-4-9(10(13)14-6-3)11(5-2)7-8-12/h9,12H,4-8H2,1-3H3. The van der Waals surface area contributed by atoms with Gasteiger partial charge in [-0.25, -0.2) is 0 Å². The molecule has 0 aliphatic carbocycles. The molecule has 0 saturated carbocycles. The van der Waals surface area contributed by atoms with Crippen LogP contribution in [0.2, 0.25) is 0 Å². The van der Waals surface area contributed by atoms with E-state index in [4.69, 9.17) is 9.84 Å². The van der Waals surface area contributed by atoms with Crippen LogP contribution in [0.5, 0.6) is 0 Å². The van der Waals surface area contributed by atoms with E-state index in [2.05, 4.69) is 0 Å². The van der Waals surface area contributed by atoms with Crippen LogP contribution in [-0.4, -0.2) is 48.3 Å². The van der Waals surface area contributed by atoms with Gasteiger partial charge in [-0.2, -0.15) is 0 Å². The number of rotatable bonds is 7. The fourth-order valence-corrected chi connectivity index (χ4v) is 1.48. The van der Waals surface area contributed by atoms with Crippen molar-refractivity contribution in [3.05, 3.63) is 0 Å². The number of ether oxygens (including phenoxy) is 1. The number of carbonyl (C=O) groups excluding carboxylic acids is 1. The van der Waals surface area contributed by atoms with Crippen LogP contribution in [0.3, 0.4) is 0 Å². The maximum Gasteiger partial charge on any atom is 0.323 e. The zero-order valence-corrected chi connectivity index (χ0v) is 9.32. The smallest absolute Gasteiger partial charge is 0.323 e. The second-order valence-electron chi connectivity index (χ2n) is 3.03. The van der Waals surface area contributed by atoms with Crippen molar-refractivity contribution < 1.29 is 14.6 Å². The predicted molar refractivity (Wildman–Crippen MR) is 55.0 cm³/mol. The third-order valence-corrected chi connectivity index (χ3v) is 2.18. The van der Waals surface area contributed by atoms with Crippen molar-refractivity contribution in [2.45, 2.75) is 33.2 Å². The van der Waals surface area contributed by atoms with Crippen LogP contribution in [0.25, 0.3) is 0 Å². The summed E-state index contributed by atoms with van der Waals surface area (Å²) in [6, 6.07) is -0.216. The number of hydrogen-bond acceptors (Lipinski definition) is 4. The third-order valence-electron chi connectivity index (χ3n) is 2.18. The average Bonchev–Trinajstić information content (AvgIpc) is 2.18. The zero-order chi connectivity index (χ0) is 11.0. The summed E-state index contributed by atoms with van der Waals surface area (Å²) in [5.74, 6) is -0.190. The number of esters is 1.